The number of hydrogen-bond acceptors (Lipinski definition) is 2. The molecule has 1 unspecified atom stereocenters. The molecular weight excluding hydrogens is 150 g/mol. The molecule has 0 spiro atoms. The molecule has 2 N–H and O–H groups in total. The van der Waals surface area contributed by atoms with Gasteiger partial charge in [-0.15, -0.1) is 6.58 Å². The first-order valence-electron chi connectivity index (χ1n) is 4.67. The predicted octanol–water partition coefficient (Wildman–Crippen LogP) is 1.56. The monoisotopic (exact) mass is 171 g/mol. The largest absolute Gasteiger partial charge is 0.396 e. The lowest BCUT2D eigenvalue weighted by Gasteiger charge is -2.20. The van der Waals surface area contributed by atoms with Gasteiger partial charge in [-0.1, -0.05) is 19.9 Å². The van der Waals surface area contributed by atoms with Crippen molar-refractivity contribution in [2.75, 3.05) is 13.2 Å². The van der Waals surface area contributed by atoms with Crippen LogP contribution in [0.25, 0.3) is 0 Å². The third-order valence-electron chi connectivity index (χ3n) is 1.97. The molecule has 0 aromatic carbocycles. The number of nitrogens with one attached hydrogen (secondary N) is 1. The SMILES string of the molecule is C=CCC(NCCCO)C(C)C. The molecule has 0 aromatic rings. The van der Waals surface area contributed by atoms with Crippen LogP contribution in [-0.4, -0.2) is 24.3 Å². The summed E-state index contributed by atoms with van der Waals surface area (Å²) in [4.78, 5) is 0. The number of aliphatic hydroxyl groups excluding tert-OH is 1. The van der Waals surface area contributed by atoms with Gasteiger partial charge in [0, 0.05) is 12.6 Å². The molecule has 0 aromatic heterocycles. The van der Waals surface area contributed by atoms with Crippen LogP contribution in [0, 0.1) is 5.92 Å². The lowest BCUT2D eigenvalue weighted by molar-refractivity contribution is 0.278. The summed E-state index contributed by atoms with van der Waals surface area (Å²) in [6, 6.07) is 0.508. The maximum Gasteiger partial charge on any atom is 0.0443 e. The average Bonchev–Trinajstić information content (AvgIpc) is 2.03. The van der Waals surface area contributed by atoms with Crippen LogP contribution in [0.4, 0.5) is 0 Å². The van der Waals surface area contributed by atoms with Crippen LogP contribution in [0.5, 0.6) is 0 Å². The zero-order valence-corrected chi connectivity index (χ0v) is 8.21. The van der Waals surface area contributed by atoms with Crippen LogP contribution in [-0.2, 0) is 0 Å². The number of aliphatic hydroxyl groups is 1. The number of rotatable bonds is 7. The van der Waals surface area contributed by atoms with Crippen LogP contribution in [0.15, 0.2) is 12.7 Å². The summed E-state index contributed by atoms with van der Waals surface area (Å²) in [5, 5.41) is 12.0. The zero-order chi connectivity index (χ0) is 9.40. The Morgan fingerprint density at radius 3 is 2.58 bits per heavy atom. The molecule has 0 aliphatic heterocycles. The Hall–Kier alpha value is -0.340. The summed E-state index contributed by atoms with van der Waals surface area (Å²) in [6.07, 6.45) is 3.78. The van der Waals surface area contributed by atoms with Crippen molar-refractivity contribution in [3.05, 3.63) is 12.7 Å². The molecule has 0 radical (unpaired) electrons. The van der Waals surface area contributed by atoms with Gasteiger partial charge in [0.25, 0.3) is 0 Å². The minimum absolute atomic E-state index is 0.270. The first-order chi connectivity index (χ1) is 5.72. The van der Waals surface area contributed by atoms with Gasteiger partial charge < -0.3 is 10.4 Å². The molecule has 72 valence electrons. The molecule has 0 rings (SSSR count). The maximum absolute atomic E-state index is 8.59. The molecule has 0 fully saturated rings. The lowest BCUT2D eigenvalue weighted by atomic mass is 10.0. The van der Waals surface area contributed by atoms with Crippen molar-refractivity contribution in [1.82, 2.24) is 5.32 Å². The Kier molecular flexibility index (Phi) is 7.11. The molecule has 0 saturated heterocycles. The van der Waals surface area contributed by atoms with E-state index in [4.69, 9.17) is 5.11 Å². The first kappa shape index (κ1) is 11.7. The molecule has 2 heteroatoms. The van der Waals surface area contributed by atoms with E-state index in [1.54, 1.807) is 0 Å². The van der Waals surface area contributed by atoms with Crippen molar-refractivity contribution in [3.8, 4) is 0 Å². The van der Waals surface area contributed by atoms with E-state index in [1.807, 2.05) is 6.08 Å². The van der Waals surface area contributed by atoms with E-state index in [2.05, 4.69) is 25.7 Å². The fraction of sp³-hybridized carbons (Fsp3) is 0.800. The van der Waals surface area contributed by atoms with E-state index < -0.39 is 0 Å². The predicted molar refractivity (Wildman–Crippen MR) is 53.1 cm³/mol. The van der Waals surface area contributed by atoms with E-state index in [0.717, 1.165) is 19.4 Å². The smallest absolute Gasteiger partial charge is 0.0443 e. The Morgan fingerprint density at radius 2 is 2.17 bits per heavy atom. The quantitative estimate of drug-likeness (QED) is 0.450. The lowest BCUT2D eigenvalue weighted by Crippen LogP contribution is -2.34. The van der Waals surface area contributed by atoms with E-state index in [0.29, 0.717) is 12.0 Å². The van der Waals surface area contributed by atoms with E-state index in [1.165, 1.54) is 0 Å². The summed E-state index contributed by atoms with van der Waals surface area (Å²) in [6.45, 7) is 9.28. The van der Waals surface area contributed by atoms with Crippen LogP contribution < -0.4 is 5.32 Å². The topological polar surface area (TPSA) is 32.3 Å². The van der Waals surface area contributed by atoms with E-state index in [9.17, 15) is 0 Å². The molecule has 0 heterocycles. The zero-order valence-electron chi connectivity index (χ0n) is 8.21. The van der Waals surface area contributed by atoms with Crippen LogP contribution in [0.2, 0.25) is 0 Å². The molecule has 1 atom stereocenters. The van der Waals surface area contributed by atoms with Crippen molar-refractivity contribution < 1.29 is 5.11 Å². The molecule has 0 aliphatic rings. The highest BCUT2D eigenvalue weighted by Gasteiger charge is 2.09. The Bertz CT molecular complexity index is 112. The van der Waals surface area contributed by atoms with Gasteiger partial charge in [0.15, 0.2) is 0 Å². The van der Waals surface area contributed by atoms with E-state index in [-0.39, 0.29) is 6.61 Å². The summed E-state index contributed by atoms with van der Waals surface area (Å²) < 4.78 is 0. The highest BCUT2D eigenvalue weighted by atomic mass is 16.3. The second kappa shape index (κ2) is 7.32. The molecular formula is C10H21NO. The standard InChI is InChI=1S/C10H21NO/c1-4-6-10(9(2)3)11-7-5-8-12/h4,9-12H,1,5-8H2,2-3H3. The highest BCUT2D eigenvalue weighted by Crippen LogP contribution is 2.05. The minimum atomic E-state index is 0.270. The normalized spacial score (nSPS) is 13.3. The van der Waals surface area contributed by atoms with Gasteiger partial charge in [0.1, 0.15) is 0 Å². The van der Waals surface area contributed by atoms with Gasteiger partial charge in [-0.25, -0.2) is 0 Å². The summed E-state index contributed by atoms with van der Waals surface area (Å²) in [5.41, 5.74) is 0. The maximum atomic E-state index is 8.59. The van der Waals surface area contributed by atoms with Crippen molar-refractivity contribution in [2.24, 2.45) is 5.92 Å². The van der Waals surface area contributed by atoms with Gasteiger partial charge >= 0.3 is 0 Å². The van der Waals surface area contributed by atoms with Crippen LogP contribution >= 0.6 is 0 Å². The van der Waals surface area contributed by atoms with Gasteiger partial charge in [-0.3, -0.25) is 0 Å². The molecule has 12 heavy (non-hydrogen) atoms. The number of hydrogen-bond donors (Lipinski definition) is 2. The van der Waals surface area contributed by atoms with E-state index >= 15 is 0 Å². The molecule has 0 bridgehead atoms. The third kappa shape index (κ3) is 5.33. The third-order valence-corrected chi connectivity index (χ3v) is 1.97. The highest BCUT2D eigenvalue weighted by molar-refractivity contribution is 4.79. The molecule has 0 saturated carbocycles. The minimum Gasteiger partial charge on any atom is -0.396 e. The van der Waals surface area contributed by atoms with Gasteiger partial charge in [0.2, 0.25) is 0 Å². The summed E-state index contributed by atoms with van der Waals surface area (Å²) in [7, 11) is 0. The van der Waals surface area contributed by atoms with Gasteiger partial charge in [-0.05, 0) is 25.3 Å². The molecule has 2 nitrogen and oxygen atoms in total. The second-order valence-corrected chi connectivity index (χ2v) is 3.41. The fourth-order valence-electron chi connectivity index (χ4n) is 1.14. The van der Waals surface area contributed by atoms with Crippen molar-refractivity contribution in [2.45, 2.75) is 32.7 Å². The molecule has 0 amide bonds. The van der Waals surface area contributed by atoms with Crippen LogP contribution in [0.1, 0.15) is 26.7 Å². The van der Waals surface area contributed by atoms with Crippen LogP contribution in [0.3, 0.4) is 0 Å². The molecule has 0 aliphatic carbocycles. The Balaban J connectivity index is 3.55. The average molecular weight is 171 g/mol. The van der Waals surface area contributed by atoms with Gasteiger partial charge in [0.05, 0.1) is 0 Å². The Labute approximate surface area is 75.7 Å². The fourth-order valence-corrected chi connectivity index (χ4v) is 1.14. The van der Waals surface area contributed by atoms with Gasteiger partial charge in [-0.2, -0.15) is 0 Å². The summed E-state index contributed by atoms with van der Waals surface area (Å²) >= 11 is 0. The van der Waals surface area contributed by atoms with Crippen molar-refractivity contribution in [3.63, 3.8) is 0 Å². The summed E-state index contributed by atoms with van der Waals surface area (Å²) in [5.74, 6) is 0.627. The van der Waals surface area contributed by atoms with Crippen molar-refractivity contribution in [1.29, 1.82) is 0 Å². The Morgan fingerprint density at radius 1 is 1.50 bits per heavy atom. The second-order valence-electron chi connectivity index (χ2n) is 3.41. The first-order valence-corrected chi connectivity index (χ1v) is 4.67. The van der Waals surface area contributed by atoms with Crippen molar-refractivity contribution >= 4 is 0 Å².